The largest absolute Gasteiger partial charge is 0.490 e. The van der Waals surface area contributed by atoms with Crippen LogP contribution in [0.5, 0.6) is 11.5 Å². The molecule has 1 N–H and O–H groups in total. The predicted molar refractivity (Wildman–Crippen MR) is 145 cm³/mol. The van der Waals surface area contributed by atoms with Crippen molar-refractivity contribution in [3.63, 3.8) is 0 Å². The quantitative estimate of drug-likeness (QED) is 0.181. The van der Waals surface area contributed by atoms with E-state index in [0.717, 1.165) is 22.3 Å². The van der Waals surface area contributed by atoms with Crippen LogP contribution >= 0.6 is 11.6 Å². The average molecular weight is 501 g/mol. The van der Waals surface area contributed by atoms with Gasteiger partial charge in [-0.15, -0.1) is 6.58 Å². The molecule has 0 saturated carbocycles. The van der Waals surface area contributed by atoms with E-state index in [1.165, 1.54) is 6.08 Å². The Hall–Kier alpha value is -4.01. The summed E-state index contributed by atoms with van der Waals surface area (Å²) >= 11 is 6.16. The number of allylic oxidation sites excluding steroid dienone is 1. The fourth-order valence-corrected chi connectivity index (χ4v) is 3.88. The number of nitrogens with one attached hydrogen (secondary N) is 1. The Bertz CT molecular complexity index is 1340. The molecule has 0 aromatic heterocycles. The summed E-state index contributed by atoms with van der Waals surface area (Å²) in [4.78, 5) is 12.9. The molecule has 5 nitrogen and oxygen atoms in total. The van der Waals surface area contributed by atoms with E-state index in [0.29, 0.717) is 47.4 Å². The summed E-state index contributed by atoms with van der Waals surface area (Å²) in [6.45, 7) is 10.4. The lowest BCUT2D eigenvalue weighted by molar-refractivity contribution is -0.112. The molecule has 0 aliphatic heterocycles. The van der Waals surface area contributed by atoms with Gasteiger partial charge in [-0.05, 0) is 74.2 Å². The van der Waals surface area contributed by atoms with Crippen LogP contribution in [-0.4, -0.2) is 12.5 Å². The topological polar surface area (TPSA) is 71.4 Å². The summed E-state index contributed by atoms with van der Waals surface area (Å²) in [5.74, 6) is 0.637. The predicted octanol–water partition coefficient (Wildman–Crippen LogP) is 7.21. The van der Waals surface area contributed by atoms with Crippen LogP contribution in [0.3, 0.4) is 0 Å². The van der Waals surface area contributed by atoms with Crippen molar-refractivity contribution in [3.05, 3.63) is 106 Å². The normalized spacial score (nSPS) is 10.9. The first-order valence-corrected chi connectivity index (χ1v) is 12.0. The van der Waals surface area contributed by atoms with Gasteiger partial charge in [0.1, 0.15) is 18.2 Å². The van der Waals surface area contributed by atoms with Crippen molar-refractivity contribution in [1.29, 1.82) is 5.26 Å². The number of halogens is 1. The van der Waals surface area contributed by atoms with Crippen LogP contribution in [0.2, 0.25) is 5.02 Å². The Morgan fingerprint density at radius 1 is 1.14 bits per heavy atom. The molecule has 1 amide bonds. The molecule has 0 atom stereocenters. The van der Waals surface area contributed by atoms with E-state index in [1.807, 2.05) is 44.2 Å². The average Bonchev–Trinajstić information content (AvgIpc) is 2.85. The molecule has 184 valence electrons. The number of carbonyl (C=O) groups is 1. The lowest BCUT2D eigenvalue weighted by Crippen LogP contribution is -2.14. The first-order valence-electron chi connectivity index (χ1n) is 11.6. The number of aryl methyl sites for hydroxylation is 1. The van der Waals surface area contributed by atoms with E-state index in [4.69, 9.17) is 21.1 Å². The lowest BCUT2D eigenvalue weighted by Gasteiger charge is -2.17. The molecule has 3 aromatic carbocycles. The number of hydrogen-bond acceptors (Lipinski definition) is 4. The summed E-state index contributed by atoms with van der Waals surface area (Å²) in [7, 11) is 0. The van der Waals surface area contributed by atoms with Gasteiger partial charge in [0, 0.05) is 16.3 Å². The Kier molecular flexibility index (Phi) is 9.32. The minimum absolute atomic E-state index is 0.0465. The van der Waals surface area contributed by atoms with Gasteiger partial charge < -0.3 is 14.8 Å². The third kappa shape index (κ3) is 6.78. The number of benzene rings is 3. The Morgan fingerprint density at radius 2 is 1.92 bits per heavy atom. The van der Waals surface area contributed by atoms with Gasteiger partial charge >= 0.3 is 0 Å². The maximum atomic E-state index is 12.9. The molecule has 0 fully saturated rings. The maximum absolute atomic E-state index is 12.9. The van der Waals surface area contributed by atoms with E-state index in [9.17, 15) is 10.1 Å². The van der Waals surface area contributed by atoms with Gasteiger partial charge in [0.25, 0.3) is 5.91 Å². The van der Waals surface area contributed by atoms with E-state index >= 15 is 0 Å². The minimum Gasteiger partial charge on any atom is -0.490 e. The molecule has 0 aliphatic rings. The van der Waals surface area contributed by atoms with Gasteiger partial charge in [-0.25, -0.2) is 0 Å². The van der Waals surface area contributed by atoms with Crippen LogP contribution in [0.25, 0.3) is 6.08 Å². The zero-order valence-electron chi connectivity index (χ0n) is 20.7. The standard InChI is InChI=1S/C30H29ClN2O3/c1-5-9-24-15-23(16-25(18-32)30(34)33-27-13-8-12-26(31)21(27)4)17-28(35-6-2)29(24)36-19-22-11-7-10-20(3)14-22/h5,7-8,10-17H,1,6,9,19H2,2-4H3,(H,33,34)/b25-16+. The monoisotopic (exact) mass is 500 g/mol. The number of amides is 1. The fraction of sp³-hybridized carbons (Fsp3) is 0.200. The molecule has 0 heterocycles. The molecule has 0 radical (unpaired) electrons. The second-order valence-electron chi connectivity index (χ2n) is 8.25. The van der Waals surface area contributed by atoms with Crippen molar-refractivity contribution >= 4 is 29.3 Å². The maximum Gasteiger partial charge on any atom is 0.266 e. The summed E-state index contributed by atoms with van der Waals surface area (Å²) in [6.07, 6.45) is 3.84. The fourth-order valence-electron chi connectivity index (χ4n) is 3.71. The number of anilines is 1. The summed E-state index contributed by atoms with van der Waals surface area (Å²) in [6, 6.07) is 19.0. The Morgan fingerprint density at radius 3 is 2.61 bits per heavy atom. The van der Waals surface area contributed by atoms with Crippen LogP contribution in [0.4, 0.5) is 5.69 Å². The number of rotatable bonds is 10. The first kappa shape index (κ1) is 26.6. The van der Waals surface area contributed by atoms with Crippen LogP contribution in [0, 0.1) is 25.2 Å². The number of nitriles is 1. The molecule has 3 rings (SSSR count). The van der Waals surface area contributed by atoms with Crippen molar-refractivity contribution in [2.45, 2.75) is 33.8 Å². The van der Waals surface area contributed by atoms with Gasteiger partial charge in [0.05, 0.1) is 6.61 Å². The molecule has 0 saturated heterocycles. The highest BCUT2D eigenvalue weighted by molar-refractivity contribution is 6.31. The highest BCUT2D eigenvalue weighted by atomic mass is 35.5. The van der Waals surface area contributed by atoms with Gasteiger partial charge in [0.15, 0.2) is 11.5 Å². The molecule has 0 unspecified atom stereocenters. The summed E-state index contributed by atoms with van der Waals surface area (Å²) in [5, 5.41) is 13.0. The third-order valence-electron chi connectivity index (χ3n) is 5.48. The molecule has 0 aliphatic carbocycles. The Balaban J connectivity index is 1.94. The lowest BCUT2D eigenvalue weighted by atomic mass is 10.0. The van der Waals surface area contributed by atoms with Gasteiger partial charge in [-0.1, -0.05) is 53.6 Å². The second kappa shape index (κ2) is 12.6. The summed E-state index contributed by atoms with van der Waals surface area (Å²) in [5.41, 5.74) is 4.93. The molecule has 0 spiro atoms. The first-order chi connectivity index (χ1) is 17.4. The van der Waals surface area contributed by atoms with Crippen molar-refractivity contribution < 1.29 is 14.3 Å². The van der Waals surface area contributed by atoms with Crippen molar-refractivity contribution in [1.82, 2.24) is 0 Å². The zero-order valence-corrected chi connectivity index (χ0v) is 21.5. The number of carbonyl (C=O) groups excluding carboxylic acids is 1. The molecular weight excluding hydrogens is 472 g/mol. The van der Waals surface area contributed by atoms with Crippen molar-refractivity contribution in [2.75, 3.05) is 11.9 Å². The number of hydrogen-bond donors (Lipinski definition) is 1. The highest BCUT2D eigenvalue weighted by Gasteiger charge is 2.16. The third-order valence-corrected chi connectivity index (χ3v) is 5.89. The van der Waals surface area contributed by atoms with E-state index in [1.54, 1.807) is 37.3 Å². The minimum atomic E-state index is -0.522. The molecule has 36 heavy (non-hydrogen) atoms. The highest BCUT2D eigenvalue weighted by Crippen LogP contribution is 2.35. The van der Waals surface area contributed by atoms with Gasteiger partial charge in [-0.3, -0.25) is 4.79 Å². The van der Waals surface area contributed by atoms with Crippen molar-refractivity contribution in [3.8, 4) is 17.6 Å². The second-order valence-corrected chi connectivity index (χ2v) is 8.65. The molecule has 6 heteroatoms. The smallest absolute Gasteiger partial charge is 0.266 e. The molecule has 3 aromatic rings. The van der Waals surface area contributed by atoms with Crippen LogP contribution in [0.1, 0.15) is 34.7 Å². The number of nitrogens with zero attached hydrogens (tertiary/aromatic N) is 1. The van der Waals surface area contributed by atoms with Crippen LogP contribution < -0.4 is 14.8 Å². The van der Waals surface area contributed by atoms with E-state index < -0.39 is 5.91 Å². The van der Waals surface area contributed by atoms with E-state index in [-0.39, 0.29) is 5.57 Å². The van der Waals surface area contributed by atoms with Crippen LogP contribution in [-0.2, 0) is 17.8 Å². The van der Waals surface area contributed by atoms with Crippen molar-refractivity contribution in [2.24, 2.45) is 0 Å². The van der Waals surface area contributed by atoms with Gasteiger partial charge in [0.2, 0.25) is 0 Å². The number of ether oxygens (including phenoxy) is 2. The molecular formula is C30H29ClN2O3. The van der Waals surface area contributed by atoms with Gasteiger partial charge in [-0.2, -0.15) is 5.26 Å². The molecule has 0 bridgehead atoms. The summed E-state index contributed by atoms with van der Waals surface area (Å²) < 4.78 is 12.1. The zero-order chi connectivity index (χ0) is 26.1. The van der Waals surface area contributed by atoms with Crippen LogP contribution in [0.15, 0.2) is 72.8 Å². The Labute approximate surface area is 217 Å². The van der Waals surface area contributed by atoms with E-state index in [2.05, 4.69) is 18.0 Å². The SMILES string of the molecule is C=CCc1cc(/C=C(\C#N)C(=O)Nc2cccc(Cl)c2C)cc(OCC)c1OCc1cccc(C)c1.